The van der Waals surface area contributed by atoms with Gasteiger partial charge >= 0.3 is 0 Å². The lowest BCUT2D eigenvalue weighted by Gasteiger charge is -2.33. The number of aryl methyl sites for hydroxylation is 1. The molecule has 2 atom stereocenters. The number of nitrogens with zero attached hydrogens (tertiary/aromatic N) is 3. The molecule has 1 saturated heterocycles. The van der Waals surface area contributed by atoms with Gasteiger partial charge in [-0.1, -0.05) is 53.0 Å². The van der Waals surface area contributed by atoms with E-state index in [-0.39, 0.29) is 33.5 Å². The summed E-state index contributed by atoms with van der Waals surface area (Å²) in [6.45, 7) is 1.99. The third kappa shape index (κ3) is 4.13. The van der Waals surface area contributed by atoms with Gasteiger partial charge in [-0.3, -0.25) is 20.2 Å². The van der Waals surface area contributed by atoms with Gasteiger partial charge in [-0.05, 0) is 55.2 Å². The number of hydrogen-bond donors (Lipinski definition) is 0. The van der Waals surface area contributed by atoms with E-state index in [1.807, 2.05) is 31.2 Å². The molecule has 7 nitrogen and oxygen atoms in total. The van der Waals surface area contributed by atoms with Gasteiger partial charge in [0.2, 0.25) is 0 Å². The predicted molar refractivity (Wildman–Crippen MR) is 125 cm³/mol. The number of nitro benzene ring substituents is 2. The van der Waals surface area contributed by atoms with Gasteiger partial charge in [0.05, 0.1) is 21.9 Å². The molecule has 1 fully saturated rings. The van der Waals surface area contributed by atoms with E-state index in [9.17, 15) is 20.2 Å². The average molecular weight is 472 g/mol. The fourth-order valence-electron chi connectivity index (χ4n) is 4.30. The van der Waals surface area contributed by atoms with Crippen LogP contribution in [0.25, 0.3) is 0 Å². The summed E-state index contributed by atoms with van der Waals surface area (Å²) in [6, 6.07) is 17.4. The van der Waals surface area contributed by atoms with Crippen molar-refractivity contribution in [3.05, 3.63) is 108 Å². The van der Waals surface area contributed by atoms with Gasteiger partial charge in [-0.25, -0.2) is 0 Å². The maximum atomic E-state index is 11.4. The highest BCUT2D eigenvalue weighted by atomic mass is 35.5. The smallest absolute Gasteiger partial charge is 0.288 e. The molecule has 0 N–H and O–H groups in total. The Morgan fingerprint density at radius 1 is 0.781 bits per heavy atom. The topological polar surface area (TPSA) is 89.5 Å². The Balaban J connectivity index is 1.82. The molecule has 0 spiro atoms. The molecule has 2 unspecified atom stereocenters. The first-order chi connectivity index (χ1) is 15.3. The molecule has 1 heterocycles. The maximum Gasteiger partial charge on any atom is 0.288 e. The molecule has 0 radical (unpaired) electrons. The van der Waals surface area contributed by atoms with E-state index in [2.05, 4.69) is 4.90 Å². The van der Waals surface area contributed by atoms with Crippen LogP contribution in [0.5, 0.6) is 0 Å². The fraction of sp³-hybridized carbons (Fsp3) is 0.217. The largest absolute Gasteiger partial charge is 0.357 e. The molecule has 0 aromatic heterocycles. The molecule has 1 aliphatic rings. The van der Waals surface area contributed by atoms with Gasteiger partial charge in [0.1, 0.15) is 10.0 Å². The number of hydrogen-bond acceptors (Lipinski definition) is 5. The Labute approximate surface area is 194 Å². The molecular weight excluding hydrogens is 453 g/mol. The molecule has 3 aromatic rings. The highest BCUT2D eigenvalue weighted by Gasteiger charge is 2.37. The zero-order chi connectivity index (χ0) is 23.0. The highest BCUT2D eigenvalue weighted by molar-refractivity contribution is 6.33. The molecule has 0 amide bonds. The third-order valence-electron chi connectivity index (χ3n) is 5.82. The van der Waals surface area contributed by atoms with Crippen LogP contribution in [0.1, 0.15) is 41.6 Å². The highest BCUT2D eigenvalue weighted by Crippen LogP contribution is 2.48. The first kappa shape index (κ1) is 22.0. The zero-order valence-corrected chi connectivity index (χ0v) is 18.6. The number of anilines is 1. The Morgan fingerprint density at radius 3 is 1.62 bits per heavy atom. The van der Waals surface area contributed by atoms with Gasteiger partial charge in [0, 0.05) is 17.8 Å². The first-order valence-corrected chi connectivity index (χ1v) is 10.7. The molecule has 1 aliphatic heterocycles. The molecular formula is C23H19Cl2N3O4. The van der Waals surface area contributed by atoms with Crippen LogP contribution in [0.2, 0.25) is 10.0 Å². The molecule has 9 heteroatoms. The number of benzene rings is 3. The van der Waals surface area contributed by atoms with Crippen molar-refractivity contribution in [2.24, 2.45) is 0 Å². The van der Waals surface area contributed by atoms with E-state index in [0.717, 1.165) is 22.4 Å². The fourth-order valence-corrected chi connectivity index (χ4v) is 4.67. The van der Waals surface area contributed by atoms with Crippen molar-refractivity contribution in [1.82, 2.24) is 0 Å². The van der Waals surface area contributed by atoms with Crippen LogP contribution in [-0.4, -0.2) is 9.85 Å². The standard InChI is InChI=1S/C23H19Cl2N3O4/c1-14-2-6-17(7-3-14)26-20(15-4-8-18(24)22(12-15)27(29)30)10-11-21(26)16-5-9-19(25)23(13-16)28(31)32/h2-9,12-13,20-21H,10-11H2,1H3. The normalized spacial score (nSPS) is 18.0. The van der Waals surface area contributed by atoms with E-state index in [4.69, 9.17) is 23.2 Å². The minimum Gasteiger partial charge on any atom is -0.357 e. The Bertz CT molecular complexity index is 1130. The van der Waals surface area contributed by atoms with E-state index >= 15 is 0 Å². The summed E-state index contributed by atoms with van der Waals surface area (Å²) >= 11 is 12.0. The van der Waals surface area contributed by atoms with Crippen molar-refractivity contribution in [3.8, 4) is 0 Å². The summed E-state index contributed by atoms with van der Waals surface area (Å²) in [5.41, 5.74) is 3.29. The van der Waals surface area contributed by atoms with Crippen LogP contribution < -0.4 is 4.90 Å². The van der Waals surface area contributed by atoms with Crippen LogP contribution in [0.4, 0.5) is 17.1 Å². The van der Waals surface area contributed by atoms with Crippen LogP contribution in [-0.2, 0) is 0 Å². The quantitative estimate of drug-likeness (QED) is 0.289. The SMILES string of the molecule is Cc1ccc(N2C(c3ccc(Cl)c([N+](=O)[O-])c3)CCC2c2ccc(Cl)c([N+](=O)[O-])c2)cc1. The molecule has 3 aromatic carbocycles. The second-order valence-corrected chi connectivity index (χ2v) is 8.60. The second-order valence-electron chi connectivity index (χ2n) is 7.79. The lowest BCUT2D eigenvalue weighted by Crippen LogP contribution is -2.26. The van der Waals surface area contributed by atoms with E-state index in [0.29, 0.717) is 12.8 Å². The summed E-state index contributed by atoms with van der Waals surface area (Å²) in [6.07, 6.45) is 1.43. The van der Waals surface area contributed by atoms with Crippen LogP contribution in [0.15, 0.2) is 60.7 Å². The summed E-state index contributed by atoms with van der Waals surface area (Å²) < 4.78 is 0. The van der Waals surface area contributed by atoms with Gasteiger partial charge in [0.15, 0.2) is 0 Å². The molecule has 4 rings (SSSR count). The van der Waals surface area contributed by atoms with E-state index < -0.39 is 9.85 Å². The van der Waals surface area contributed by atoms with Gasteiger partial charge in [-0.2, -0.15) is 0 Å². The number of halogens is 2. The van der Waals surface area contributed by atoms with Crippen molar-refractivity contribution in [2.45, 2.75) is 31.8 Å². The van der Waals surface area contributed by atoms with Crippen LogP contribution >= 0.6 is 23.2 Å². The van der Waals surface area contributed by atoms with Gasteiger partial charge < -0.3 is 4.90 Å². The van der Waals surface area contributed by atoms with Gasteiger partial charge in [-0.15, -0.1) is 0 Å². The Morgan fingerprint density at radius 2 is 1.22 bits per heavy atom. The molecule has 0 saturated carbocycles. The van der Waals surface area contributed by atoms with Crippen molar-refractivity contribution < 1.29 is 9.85 Å². The second kappa shape index (κ2) is 8.76. The minimum absolute atomic E-state index is 0.0866. The molecule has 0 aliphatic carbocycles. The maximum absolute atomic E-state index is 11.4. The Hall–Kier alpha value is -3.16. The van der Waals surface area contributed by atoms with E-state index in [1.54, 1.807) is 24.3 Å². The van der Waals surface area contributed by atoms with Gasteiger partial charge in [0.25, 0.3) is 11.4 Å². The summed E-state index contributed by atoms with van der Waals surface area (Å²) in [4.78, 5) is 24.0. The van der Waals surface area contributed by atoms with Crippen LogP contribution in [0.3, 0.4) is 0 Å². The number of rotatable bonds is 5. The summed E-state index contributed by atoms with van der Waals surface area (Å²) in [5, 5.41) is 23.0. The van der Waals surface area contributed by atoms with Crippen molar-refractivity contribution in [2.75, 3.05) is 4.90 Å². The van der Waals surface area contributed by atoms with Crippen LogP contribution in [0, 0.1) is 27.2 Å². The zero-order valence-electron chi connectivity index (χ0n) is 17.1. The van der Waals surface area contributed by atoms with Crippen molar-refractivity contribution in [3.63, 3.8) is 0 Å². The summed E-state index contributed by atoms with van der Waals surface area (Å²) in [7, 11) is 0. The lowest BCUT2D eigenvalue weighted by molar-refractivity contribution is -0.384. The minimum atomic E-state index is -0.489. The first-order valence-electron chi connectivity index (χ1n) is 9.99. The van der Waals surface area contributed by atoms with E-state index in [1.165, 1.54) is 12.1 Å². The predicted octanol–water partition coefficient (Wildman–Crippen LogP) is 7.20. The van der Waals surface area contributed by atoms with Crippen molar-refractivity contribution >= 4 is 40.3 Å². The monoisotopic (exact) mass is 471 g/mol. The molecule has 164 valence electrons. The van der Waals surface area contributed by atoms with Crippen molar-refractivity contribution in [1.29, 1.82) is 0 Å². The molecule has 0 bridgehead atoms. The lowest BCUT2D eigenvalue weighted by atomic mass is 10.0. The Kier molecular flexibility index (Phi) is 6.04. The third-order valence-corrected chi connectivity index (χ3v) is 6.46. The number of nitro groups is 2. The average Bonchev–Trinajstić information content (AvgIpc) is 3.19. The summed E-state index contributed by atoms with van der Waals surface area (Å²) in [5.74, 6) is 0. The molecule has 32 heavy (non-hydrogen) atoms.